The zero-order valence-electron chi connectivity index (χ0n) is 25.5. The second kappa shape index (κ2) is 18.1. The van der Waals surface area contributed by atoms with Gasteiger partial charge >= 0.3 is 59.1 Å². The minimum absolute atomic E-state index is 0. The SMILES string of the molecule is CCOc1ccc(N=Nc2ccc(/C=C/c3ccc(N=Nc4ccc(COC)cc4)cc3S(=O)(=O)[O-])c(S(=O)(=O)[O-])c2)cc1.[Na+].[Na+]. The number of hydrogen-bond acceptors (Lipinski definition) is 12. The van der Waals surface area contributed by atoms with Crippen molar-refractivity contribution in [1.29, 1.82) is 0 Å². The van der Waals surface area contributed by atoms with Gasteiger partial charge in [0, 0.05) is 7.11 Å². The number of azo groups is 2. The summed E-state index contributed by atoms with van der Waals surface area (Å²) in [6.45, 7) is 2.79. The van der Waals surface area contributed by atoms with E-state index in [1.54, 1.807) is 55.6 Å². The Morgan fingerprint density at radius 1 is 0.630 bits per heavy atom. The van der Waals surface area contributed by atoms with Crippen molar-refractivity contribution in [3.05, 3.63) is 102 Å². The summed E-state index contributed by atoms with van der Waals surface area (Å²) in [5, 5.41) is 16.1. The van der Waals surface area contributed by atoms with E-state index < -0.39 is 30.0 Å². The molecule has 0 saturated heterocycles. The molecule has 0 saturated carbocycles. The van der Waals surface area contributed by atoms with E-state index in [1.807, 2.05) is 6.92 Å². The van der Waals surface area contributed by atoms with Gasteiger partial charge in [0.2, 0.25) is 0 Å². The second-order valence-corrected chi connectivity index (χ2v) is 11.8. The molecular formula is C30H26N4Na2O8S2. The van der Waals surface area contributed by atoms with Crippen LogP contribution in [0.1, 0.15) is 23.6 Å². The normalized spacial score (nSPS) is 11.9. The van der Waals surface area contributed by atoms with Gasteiger partial charge in [-0.15, -0.1) is 0 Å². The number of ether oxygens (including phenoxy) is 2. The van der Waals surface area contributed by atoms with E-state index in [2.05, 4.69) is 20.5 Å². The van der Waals surface area contributed by atoms with Crippen molar-refractivity contribution in [2.24, 2.45) is 20.5 Å². The number of hydrogen-bond donors (Lipinski definition) is 0. The molecule has 0 unspecified atom stereocenters. The van der Waals surface area contributed by atoms with Gasteiger partial charge < -0.3 is 18.6 Å². The summed E-state index contributed by atoms with van der Waals surface area (Å²) < 4.78 is 82.7. The molecule has 0 bridgehead atoms. The first-order valence-corrected chi connectivity index (χ1v) is 15.8. The van der Waals surface area contributed by atoms with Crippen molar-refractivity contribution in [3.63, 3.8) is 0 Å². The van der Waals surface area contributed by atoms with Crippen LogP contribution in [0.3, 0.4) is 0 Å². The Bertz CT molecular complexity index is 1790. The van der Waals surface area contributed by atoms with Gasteiger partial charge in [0.1, 0.15) is 26.0 Å². The molecule has 46 heavy (non-hydrogen) atoms. The molecule has 228 valence electrons. The first-order chi connectivity index (χ1) is 21.0. The topological polar surface area (TPSA) is 182 Å². The molecule has 0 aliphatic rings. The molecule has 0 atom stereocenters. The summed E-state index contributed by atoms with van der Waals surface area (Å²) in [5.41, 5.74) is 2.00. The average molecular weight is 681 g/mol. The fourth-order valence-electron chi connectivity index (χ4n) is 3.89. The molecule has 4 aromatic rings. The monoisotopic (exact) mass is 680 g/mol. The molecule has 0 aliphatic carbocycles. The molecule has 0 amide bonds. The van der Waals surface area contributed by atoms with E-state index in [1.165, 1.54) is 36.4 Å². The Balaban J connectivity index is 0.00000368. The summed E-state index contributed by atoms with van der Waals surface area (Å²) in [6.07, 6.45) is 2.43. The maximum absolute atomic E-state index is 12.1. The summed E-state index contributed by atoms with van der Waals surface area (Å²) in [7, 11) is -8.37. The largest absolute Gasteiger partial charge is 1.00 e. The molecule has 0 fully saturated rings. The van der Waals surface area contributed by atoms with Gasteiger partial charge in [-0.1, -0.05) is 36.4 Å². The molecule has 0 aliphatic heterocycles. The third-order valence-electron chi connectivity index (χ3n) is 5.93. The molecule has 4 aromatic carbocycles. The van der Waals surface area contributed by atoms with E-state index in [0.29, 0.717) is 30.3 Å². The van der Waals surface area contributed by atoms with Crippen LogP contribution in [0.4, 0.5) is 22.7 Å². The molecule has 16 heteroatoms. The molecule has 0 N–H and O–H groups in total. The smallest absolute Gasteiger partial charge is 0.744 e. The maximum Gasteiger partial charge on any atom is 1.00 e. The minimum atomic E-state index is -4.97. The van der Waals surface area contributed by atoms with E-state index in [9.17, 15) is 25.9 Å². The fourth-order valence-corrected chi connectivity index (χ4v) is 5.27. The third-order valence-corrected chi connectivity index (χ3v) is 7.72. The Morgan fingerprint density at radius 3 is 1.41 bits per heavy atom. The van der Waals surface area contributed by atoms with Gasteiger partial charge in [-0.05, 0) is 84.3 Å². The summed E-state index contributed by atoms with van der Waals surface area (Å²) in [4.78, 5) is -1.21. The van der Waals surface area contributed by atoms with E-state index in [-0.39, 0.29) is 81.6 Å². The molecular weight excluding hydrogens is 654 g/mol. The van der Waals surface area contributed by atoms with Crippen LogP contribution in [0, 0.1) is 0 Å². The number of rotatable bonds is 12. The van der Waals surface area contributed by atoms with Gasteiger partial charge in [0.15, 0.2) is 0 Å². The Labute approximate surface area is 311 Å². The number of nitrogens with zero attached hydrogens (tertiary/aromatic N) is 4. The first kappa shape index (κ1) is 39.6. The molecule has 4 rings (SSSR count). The predicted octanol–water partition coefficient (Wildman–Crippen LogP) is 1.05. The average Bonchev–Trinajstić information content (AvgIpc) is 2.99. The van der Waals surface area contributed by atoms with Crippen LogP contribution in [0.15, 0.2) is 115 Å². The Morgan fingerprint density at radius 2 is 1.02 bits per heavy atom. The van der Waals surface area contributed by atoms with Crippen LogP contribution in [0.2, 0.25) is 0 Å². The zero-order valence-corrected chi connectivity index (χ0v) is 31.2. The fraction of sp³-hybridized carbons (Fsp3) is 0.133. The standard InChI is InChI=1S/C30H28N4O8S2.2Na/c1-3-42-28-16-14-25(15-17-28)32-34-27-13-9-23(30(19-27)44(38,39)40)7-6-22-8-12-26(18-29(22)43(35,36)37)33-31-24-10-4-21(5-11-24)20-41-2;;/h4-19H,3,20H2,1-2H3,(H,35,36,37)(H,38,39,40);;/q;2*+1/p-2/b7-6+,33-31?,34-32?;;. The Kier molecular flexibility index (Phi) is 15.6. The molecule has 0 radical (unpaired) electrons. The summed E-state index contributed by atoms with van der Waals surface area (Å²) in [5.74, 6) is 0.651. The van der Waals surface area contributed by atoms with Crippen LogP contribution in [0.5, 0.6) is 5.75 Å². The molecule has 0 spiro atoms. The summed E-state index contributed by atoms with van der Waals surface area (Å²) in [6, 6.07) is 21.3. The van der Waals surface area contributed by atoms with Crippen LogP contribution in [-0.4, -0.2) is 39.7 Å². The van der Waals surface area contributed by atoms with Gasteiger partial charge in [0.25, 0.3) is 0 Å². The van der Waals surface area contributed by atoms with Crippen LogP contribution in [-0.2, 0) is 31.6 Å². The summed E-state index contributed by atoms with van der Waals surface area (Å²) >= 11 is 0. The van der Waals surface area contributed by atoms with Crippen molar-refractivity contribution in [1.82, 2.24) is 0 Å². The number of methoxy groups -OCH3 is 1. The molecule has 12 nitrogen and oxygen atoms in total. The predicted molar refractivity (Wildman–Crippen MR) is 161 cm³/mol. The molecule has 0 aromatic heterocycles. The quantitative estimate of drug-likeness (QED) is 0.0921. The third kappa shape index (κ3) is 11.6. The van der Waals surface area contributed by atoms with Crippen LogP contribution < -0.4 is 63.9 Å². The van der Waals surface area contributed by atoms with E-state index in [0.717, 1.165) is 17.7 Å². The van der Waals surface area contributed by atoms with Crippen LogP contribution >= 0.6 is 0 Å². The Hall–Kier alpha value is -2.60. The van der Waals surface area contributed by atoms with E-state index >= 15 is 0 Å². The second-order valence-electron chi connectivity index (χ2n) is 9.11. The zero-order chi connectivity index (χ0) is 31.7. The van der Waals surface area contributed by atoms with Gasteiger partial charge in [0.05, 0.1) is 45.8 Å². The number of benzene rings is 4. The van der Waals surface area contributed by atoms with Gasteiger partial charge in [-0.2, -0.15) is 20.5 Å². The van der Waals surface area contributed by atoms with Crippen molar-refractivity contribution in [2.45, 2.75) is 23.3 Å². The van der Waals surface area contributed by atoms with Crippen molar-refractivity contribution in [3.8, 4) is 5.75 Å². The van der Waals surface area contributed by atoms with Crippen molar-refractivity contribution >= 4 is 55.1 Å². The van der Waals surface area contributed by atoms with E-state index in [4.69, 9.17) is 9.47 Å². The van der Waals surface area contributed by atoms with Crippen molar-refractivity contribution in [2.75, 3.05) is 13.7 Å². The van der Waals surface area contributed by atoms with Crippen molar-refractivity contribution < 1.29 is 94.5 Å². The maximum atomic E-state index is 12.1. The van der Waals surface area contributed by atoms with Gasteiger partial charge in [-0.25, -0.2) is 16.8 Å². The van der Waals surface area contributed by atoms with Gasteiger partial charge in [-0.3, -0.25) is 0 Å². The minimum Gasteiger partial charge on any atom is -0.744 e. The van der Waals surface area contributed by atoms with Crippen LogP contribution in [0.25, 0.3) is 12.2 Å². The first-order valence-electron chi connectivity index (χ1n) is 13.0. The molecule has 0 heterocycles.